The van der Waals surface area contributed by atoms with Crippen LogP contribution in [-0.2, 0) is 16.8 Å². The zero-order valence-electron chi connectivity index (χ0n) is 10.1. The third kappa shape index (κ3) is 4.82. The summed E-state index contributed by atoms with van der Waals surface area (Å²) in [6, 6.07) is 0. The molecule has 0 atom stereocenters. The smallest absolute Gasteiger partial charge is 0.279 e. The van der Waals surface area contributed by atoms with Gasteiger partial charge in [-0.05, 0) is 20.0 Å². The number of H-pyrrole nitrogens is 1. The van der Waals surface area contributed by atoms with E-state index in [4.69, 9.17) is 0 Å². The second kappa shape index (κ2) is 6.70. The highest BCUT2D eigenvalue weighted by atomic mass is 32.2. The molecule has 0 aliphatic heterocycles. The van der Waals surface area contributed by atoms with E-state index < -0.39 is 10.2 Å². The summed E-state index contributed by atoms with van der Waals surface area (Å²) >= 11 is 0. The number of hydrogen-bond acceptors (Lipinski definition) is 4. The van der Waals surface area contributed by atoms with Gasteiger partial charge in [-0.25, -0.2) is 4.98 Å². The summed E-state index contributed by atoms with van der Waals surface area (Å²) in [5, 5.41) is 2.97. The summed E-state index contributed by atoms with van der Waals surface area (Å²) in [4.78, 5) is 6.78. The van der Waals surface area contributed by atoms with E-state index in [0.717, 1.165) is 13.0 Å². The van der Waals surface area contributed by atoms with Gasteiger partial charge < -0.3 is 10.3 Å². The maximum absolute atomic E-state index is 11.8. The van der Waals surface area contributed by atoms with Crippen LogP contribution in [0, 0.1) is 0 Å². The Bertz CT molecular complexity index is 403. The summed E-state index contributed by atoms with van der Waals surface area (Å²) in [5.41, 5.74) is 0. The van der Waals surface area contributed by atoms with E-state index in [1.54, 1.807) is 19.4 Å². The first-order valence-corrected chi connectivity index (χ1v) is 6.84. The first-order valence-electron chi connectivity index (χ1n) is 5.40. The van der Waals surface area contributed by atoms with Gasteiger partial charge in [0.1, 0.15) is 5.82 Å². The fourth-order valence-electron chi connectivity index (χ4n) is 1.26. The molecular weight excluding hydrogens is 242 g/mol. The Hall–Kier alpha value is -0.960. The van der Waals surface area contributed by atoms with E-state index in [0.29, 0.717) is 12.4 Å². The van der Waals surface area contributed by atoms with Crippen molar-refractivity contribution in [1.29, 1.82) is 0 Å². The predicted octanol–water partition coefficient (Wildman–Crippen LogP) is -0.715. The molecule has 0 saturated heterocycles. The molecule has 1 rings (SSSR count). The highest BCUT2D eigenvalue weighted by Crippen LogP contribution is 1.97. The first-order chi connectivity index (χ1) is 8.06. The molecule has 0 fully saturated rings. The largest absolute Gasteiger partial charge is 0.347 e. The minimum absolute atomic E-state index is 0.172. The van der Waals surface area contributed by atoms with Crippen molar-refractivity contribution >= 4 is 10.2 Å². The molecule has 0 aliphatic carbocycles. The van der Waals surface area contributed by atoms with Gasteiger partial charge in [0.2, 0.25) is 0 Å². The number of nitrogens with zero attached hydrogens (tertiary/aromatic N) is 2. The molecule has 1 heterocycles. The van der Waals surface area contributed by atoms with Crippen molar-refractivity contribution < 1.29 is 8.42 Å². The minimum Gasteiger partial charge on any atom is -0.347 e. The number of imidazole rings is 1. The van der Waals surface area contributed by atoms with E-state index in [-0.39, 0.29) is 6.54 Å². The van der Waals surface area contributed by atoms with Crippen LogP contribution in [0.1, 0.15) is 12.2 Å². The van der Waals surface area contributed by atoms with Gasteiger partial charge in [-0.1, -0.05) is 0 Å². The van der Waals surface area contributed by atoms with Crippen molar-refractivity contribution in [2.24, 2.45) is 0 Å². The Morgan fingerprint density at radius 3 is 2.88 bits per heavy atom. The Labute approximate surface area is 102 Å². The van der Waals surface area contributed by atoms with Crippen LogP contribution in [0.25, 0.3) is 0 Å². The molecule has 0 unspecified atom stereocenters. The maximum atomic E-state index is 11.8. The molecule has 98 valence electrons. The highest BCUT2D eigenvalue weighted by molar-refractivity contribution is 7.87. The summed E-state index contributed by atoms with van der Waals surface area (Å²) in [5.74, 6) is 0.595. The van der Waals surface area contributed by atoms with Gasteiger partial charge >= 0.3 is 0 Å². The maximum Gasteiger partial charge on any atom is 0.279 e. The molecule has 1 aromatic rings. The van der Waals surface area contributed by atoms with Gasteiger partial charge in [0.05, 0.1) is 6.54 Å². The van der Waals surface area contributed by atoms with Gasteiger partial charge in [-0.3, -0.25) is 0 Å². The van der Waals surface area contributed by atoms with Crippen molar-refractivity contribution in [3.63, 3.8) is 0 Å². The van der Waals surface area contributed by atoms with Crippen LogP contribution in [0.4, 0.5) is 0 Å². The average Bonchev–Trinajstić information content (AvgIpc) is 2.79. The van der Waals surface area contributed by atoms with Crippen LogP contribution in [0.15, 0.2) is 12.4 Å². The Morgan fingerprint density at radius 1 is 1.53 bits per heavy atom. The fourth-order valence-corrected chi connectivity index (χ4v) is 2.17. The number of aromatic nitrogens is 2. The molecule has 0 spiro atoms. The lowest BCUT2D eigenvalue weighted by atomic mass is 10.4. The summed E-state index contributed by atoms with van der Waals surface area (Å²) in [6.07, 6.45) is 4.01. The van der Waals surface area contributed by atoms with Crippen LogP contribution in [0.5, 0.6) is 0 Å². The topological polar surface area (TPSA) is 90.1 Å². The van der Waals surface area contributed by atoms with Gasteiger partial charge in [-0.2, -0.15) is 17.4 Å². The fraction of sp³-hybridized carbons (Fsp3) is 0.667. The molecule has 0 saturated carbocycles. The first kappa shape index (κ1) is 14.1. The number of nitrogens with one attached hydrogen (secondary N) is 3. The average molecular weight is 261 g/mol. The normalized spacial score (nSPS) is 12.2. The molecule has 0 amide bonds. The van der Waals surface area contributed by atoms with Gasteiger partial charge in [0.15, 0.2) is 0 Å². The van der Waals surface area contributed by atoms with Crippen LogP contribution in [0.2, 0.25) is 0 Å². The summed E-state index contributed by atoms with van der Waals surface area (Å²) in [6.45, 7) is 1.44. The van der Waals surface area contributed by atoms with Crippen molar-refractivity contribution in [2.75, 3.05) is 27.2 Å². The van der Waals surface area contributed by atoms with Crippen LogP contribution in [0.3, 0.4) is 0 Å². The van der Waals surface area contributed by atoms with E-state index in [9.17, 15) is 8.42 Å². The monoisotopic (exact) mass is 261 g/mol. The van der Waals surface area contributed by atoms with Crippen LogP contribution < -0.4 is 10.0 Å². The Morgan fingerprint density at radius 2 is 2.29 bits per heavy atom. The molecule has 0 radical (unpaired) electrons. The zero-order valence-corrected chi connectivity index (χ0v) is 10.9. The minimum atomic E-state index is -3.42. The van der Waals surface area contributed by atoms with Crippen LogP contribution >= 0.6 is 0 Å². The van der Waals surface area contributed by atoms with Crippen molar-refractivity contribution in [3.8, 4) is 0 Å². The molecule has 3 N–H and O–H groups in total. The quantitative estimate of drug-likeness (QED) is 0.539. The predicted molar refractivity (Wildman–Crippen MR) is 65.5 cm³/mol. The molecule has 0 bridgehead atoms. The van der Waals surface area contributed by atoms with E-state index >= 15 is 0 Å². The van der Waals surface area contributed by atoms with Gasteiger partial charge in [0.25, 0.3) is 10.2 Å². The number of aromatic amines is 1. The van der Waals surface area contributed by atoms with E-state index in [2.05, 4.69) is 20.0 Å². The molecular formula is C9H19N5O2S. The van der Waals surface area contributed by atoms with Crippen molar-refractivity contribution in [3.05, 3.63) is 18.2 Å². The number of rotatable bonds is 8. The molecule has 7 nitrogen and oxygen atoms in total. The van der Waals surface area contributed by atoms with Crippen molar-refractivity contribution in [2.45, 2.75) is 13.0 Å². The zero-order chi connectivity index (χ0) is 12.7. The lowest BCUT2D eigenvalue weighted by Gasteiger charge is -2.17. The molecule has 17 heavy (non-hydrogen) atoms. The van der Waals surface area contributed by atoms with Gasteiger partial charge in [0, 0.05) is 26.0 Å². The van der Waals surface area contributed by atoms with Crippen molar-refractivity contribution in [1.82, 2.24) is 24.3 Å². The van der Waals surface area contributed by atoms with Crippen LogP contribution in [-0.4, -0.2) is 49.9 Å². The second-order valence-electron chi connectivity index (χ2n) is 3.64. The lowest BCUT2D eigenvalue weighted by molar-refractivity contribution is 0.447. The highest BCUT2D eigenvalue weighted by Gasteiger charge is 2.16. The number of hydrogen-bond donors (Lipinski definition) is 3. The van der Waals surface area contributed by atoms with Gasteiger partial charge in [-0.15, -0.1) is 0 Å². The second-order valence-corrected chi connectivity index (χ2v) is 5.50. The summed E-state index contributed by atoms with van der Waals surface area (Å²) in [7, 11) is -0.0286. The third-order valence-electron chi connectivity index (χ3n) is 2.29. The Balaban J connectivity index is 2.39. The van der Waals surface area contributed by atoms with E-state index in [1.807, 2.05) is 7.05 Å². The molecule has 0 aromatic carbocycles. The third-order valence-corrected chi connectivity index (χ3v) is 3.80. The standard InChI is InChI=1S/C9H19N5O2S/c1-10-4-3-7-14(2)17(15,16)13-8-9-11-5-6-12-9/h5-6,10,13H,3-4,7-8H2,1-2H3,(H,11,12). The Kier molecular flexibility index (Phi) is 5.56. The molecule has 1 aromatic heterocycles. The summed E-state index contributed by atoms with van der Waals surface area (Å²) < 4.78 is 27.3. The SMILES string of the molecule is CNCCCN(C)S(=O)(=O)NCc1ncc[nH]1. The van der Waals surface area contributed by atoms with E-state index in [1.165, 1.54) is 4.31 Å². The molecule has 8 heteroatoms. The lowest BCUT2D eigenvalue weighted by Crippen LogP contribution is -2.39. The molecule has 0 aliphatic rings.